The monoisotopic (exact) mass is 437 g/mol. The largest absolute Gasteiger partial charge is 0.493 e. The molecule has 1 aromatic heterocycles. The van der Waals surface area contributed by atoms with Crippen LogP contribution in [0.1, 0.15) is 100 Å². The van der Waals surface area contributed by atoms with E-state index in [9.17, 15) is 4.39 Å². The summed E-state index contributed by atoms with van der Waals surface area (Å²) in [6.07, 6.45) is 18.6. The normalized spacial score (nSPS) is 18.3. The molecular weight excluding hydrogens is 401 g/mol. The number of aromatic nitrogens is 2. The molecule has 1 aliphatic carbocycles. The van der Waals surface area contributed by atoms with Crippen LogP contribution in [0.5, 0.6) is 5.75 Å². The molecule has 0 unspecified atom stereocenters. The zero-order chi connectivity index (χ0) is 22.6. The minimum Gasteiger partial charge on any atom is -0.493 e. The molecule has 0 saturated heterocycles. The second-order valence-corrected chi connectivity index (χ2v) is 9.10. The molecule has 3 rings (SSSR count). The van der Waals surface area contributed by atoms with Crippen molar-refractivity contribution in [3.63, 3.8) is 0 Å². The van der Waals surface area contributed by atoms with Gasteiger partial charge in [0.25, 0.3) is 0 Å². The van der Waals surface area contributed by atoms with Gasteiger partial charge in [-0.2, -0.15) is 5.26 Å². The van der Waals surface area contributed by atoms with Crippen molar-refractivity contribution >= 4 is 0 Å². The third-order valence-corrected chi connectivity index (χ3v) is 6.55. The smallest absolute Gasteiger partial charge is 0.144 e. The third kappa shape index (κ3) is 7.58. The average Bonchev–Trinajstić information content (AvgIpc) is 2.83. The highest BCUT2D eigenvalue weighted by atomic mass is 19.1. The summed E-state index contributed by atoms with van der Waals surface area (Å²) in [6, 6.07) is 6.26. The van der Waals surface area contributed by atoms with E-state index in [1.54, 1.807) is 6.07 Å². The molecule has 5 heteroatoms. The summed E-state index contributed by atoms with van der Waals surface area (Å²) in [5, 5.41) is 8.82. The quantitative estimate of drug-likeness (QED) is 0.331. The fourth-order valence-corrected chi connectivity index (χ4v) is 4.47. The van der Waals surface area contributed by atoms with Crippen LogP contribution < -0.4 is 4.74 Å². The molecule has 1 saturated carbocycles. The Labute approximate surface area is 192 Å². The van der Waals surface area contributed by atoms with Crippen molar-refractivity contribution in [2.24, 2.45) is 5.92 Å². The molecule has 32 heavy (non-hydrogen) atoms. The second kappa shape index (κ2) is 13.2. The Morgan fingerprint density at radius 2 is 1.69 bits per heavy atom. The van der Waals surface area contributed by atoms with Gasteiger partial charge in [-0.3, -0.25) is 0 Å². The van der Waals surface area contributed by atoms with E-state index in [1.807, 2.05) is 18.5 Å². The Hall–Kier alpha value is -2.48. The number of benzene rings is 1. The summed E-state index contributed by atoms with van der Waals surface area (Å²) in [6.45, 7) is 2.84. The first kappa shape index (κ1) is 24.2. The number of ether oxygens (including phenoxy) is 1. The molecule has 1 heterocycles. The van der Waals surface area contributed by atoms with Gasteiger partial charge in [-0.1, -0.05) is 45.4 Å². The topological polar surface area (TPSA) is 58.8 Å². The molecular formula is C27H36FN3O. The lowest BCUT2D eigenvalue weighted by molar-refractivity contribution is 0.197. The molecule has 0 atom stereocenters. The van der Waals surface area contributed by atoms with Gasteiger partial charge in [0.05, 0.1) is 12.2 Å². The fraction of sp³-hybridized carbons (Fsp3) is 0.593. The van der Waals surface area contributed by atoms with Gasteiger partial charge < -0.3 is 4.74 Å². The second-order valence-electron chi connectivity index (χ2n) is 9.10. The van der Waals surface area contributed by atoms with Gasteiger partial charge in [0.1, 0.15) is 23.5 Å². The molecule has 4 nitrogen and oxygen atoms in total. The van der Waals surface area contributed by atoms with Crippen LogP contribution in [-0.4, -0.2) is 16.6 Å². The zero-order valence-electron chi connectivity index (χ0n) is 19.4. The Balaban J connectivity index is 1.35. The summed E-state index contributed by atoms with van der Waals surface area (Å²) in [5.74, 6) is 1.82. The van der Waals surface area contributed by atoms with Gasteiger partial charge >= 0.3 is 0 Å². The van der Waals surface area contributed by atoms with Gasteiger partial charge in [0.15, 0.2) is 0 Å². The number of aryl methyl sites for hydroxylation is 1. The van der Waals surface area contributed by atoms with Crippen molar-refractivity contribution in [1.29, 1.82) is 5.26 Å². The molecule has 0 bridgehead atoms. The van der Waals surface area contributed by atoms with Crippen LogP contribution in [0.2, 0.25) is 0 Å². The molecule has 0 N–H and O–H groups in total. The number of hydrogen-bond donors (Lipinski definition) is 0. The molecule has 0 amide bonds. The number of halogens is 1. The van der Waals surface area contributed by atoms with Gasteiger partial charge in [-0.25, -0.2) is 14.4 Å². The van der Waals surface area contributed by atoms with Crippen LogP contribution in [0.3, 0.4) is 0 Å². The first-order valence-corrected chi connectivity index (χ1v) is 12.3. The number of nitrogens with zero attached hydrogens (tertiary/aromatic N) is 3. The minimum atomic E-state index is -0.527. The zero-order valence-corrected chi connectivity index (χ0v) is 19.4. The Kier molecular flexibility index (Phi) is 9.94. The maximum absolute atomic E-state index is 13.7. The maximum Gasteiger partial charge on any atom is 0.144 e. The lowest BCUT2D eigenvalue weighted by atomic mass is 9.82. The van der Waals surface area contributed by atoms with E-state index in [2.05, 4.69) is 16.9 Å². The summed E-state index contributed by atoms with van der Waals surface area (Å²) in [7, 11) is 0. The van der Waals surface area contributed by atoms with Crippen LogP contribution in [0, 0.1) is 23.1 Å². The van der Waals surface area contributed by atoms with Crippen molar-refractivity contribution in [1.82, 2.24) is 9.97 Å². The Bertz CT molecular complexity index is 854. The number of hydrogen-bond acceptors (Lipinski definition) is 4. The minimum absolute atomic E-state index is 0.0475. The average molecular weight is 438 g/mol. The van der Waals surface area contributed by atoms with E-state index in [-0.39, 0.29) is 5.56 Å². The summed E-state index contributed by atoms with van der Waals surface area (Å²) in [4.78, 5) is 9.35. The predicted octanol–water partition coefficient (Wildman–Crippen LogP) is 7.13. The Morgan fingerprint density at radius 3 is 2.34 bits per heavy atom. The van der Waals surface area contributed by atoms with Crippen LogP contribution in [0.15, 0.2) is 30.6 Å². The SMILES string of the molecule is CCCCCCCCCc1cnc(C2CCC(COc3ccc(C#N)c(F)c3)CC2)nc1. The van der Waals surface area contributed by atoms with Crippen molar-refractivity contribution in [3.8, 4) is 11.8 Å². The van der Waals surface area contributed by atoms with Crippen molar-refractivity contribution < 1.29 is 9.13 Å². The number of unbranched alkanes of at least 4 members (excludes halogenated alkanes) is 6. The summed E-state index contributed by atoms with van der Waals surface area (Å²) >= 11 is 0. The molecule has 0 radical (unpaired) electrons. The van der Waals surface area contributed by atoms with Gasteiger partial charge in [0.2, 0.25) is 0 Å². The van der Waals surface area contributed by atoms with E-state index >= 15 is 0 Å². The fourth-order valence-electron chi connectivity index (χ4n) is 4.47. The number of nitriles is 1. The van der Waals surface area contributed by atoms with Gasteiger partial charge in [-0.15, -0.1) is 0 Å². The summed E-state index contributed by atoms with van der Waals surface area (Å²) in [5.41, 5.74) is 1.30. The summed E-state index contributed by atoms with van der Waals surface area (Å²) < 4.78 is 19.5. The maximum atomic E-state index is 13.7. The highest BCUT2D eigenvalue weighted by molar-refractivity contribution is 5.36. The molecule has 1 aliphatic rings. The van der Waals surface area contributed by atoms with E-state index in [0.717, 1.165) is 37.9 Å². The molecule has 0 aliphatic heterocycles. The number of rotatable bonds is 12. The van der Waals surface area contributed by atoms with Crippen LogP contribution in [0.25, 0.3) is 0 Å². The first-order valence-electron chi connectivity index (χ1n) is 12.3. The molecule has 1 fully saturated rings. The van der Waals surface area contributed by atoms with Crippen LogP contribution in [0.4, 0.5) is 4.39 Å². The van der Waals surface area contributed by atoms with Gasteiger partial charge in [-0.05, 0) is 62.1 Å². The van der Waals surface area contributed by atoms with E-state index in [4.69, 9.17) is 10.00 Å². The first-order chi connectivity index (χ1) is 15.7. The van der Waals surface area contributed by atoms with Crippen LogP contribution >= 0.6 is 0 Å². The van der Waals surface area contributed by atoms with Crippen molar-refractivity contribution in [2.75, 3.05) is 6.61 Å². The molecule has 2 aromatic rings. The Morgan fingerprint density at radius 1 is 1.00 bits per heavy atom. The molecule has 1 aromatic carbocycles. The third-order valence-electron chi connectivity index (χ3n) is 6.55. The lowest BCUT2D eigenvalue weighted by Gasteiger charge is -2.27. The van der Waals surface area contributed by atoms with Crippen molar-refractivity contribution in [3.05, 3.63) is 53.4 Å². The van der Waals surface area contributed by atoms with Gasteiger partial charge in [0, 0.05) is 24.4 Å². The standard InChI is InChI=1S/C27H36FN3O/c1-2-3-4-5-6-7-8-9-22-18-30-27(31-19-22)23-12-10-21(11-13-23)20-32-25-15-14-24(17-29)26(28)16-25/h14-16,18-19,21,23H,2-13,20H2,1H3. The van der Waals surface area contributed by atoms with Crippen molar-refractivity contribution in [2.45, 2.75) is 89.9 Å². The predicted molar refractivity (Wildman–Crippen MR) is 125 cm³/mol. The molecule has 0 spiro atoms. The highest BCUT2D eigenvalue weighted by Crippen LogP contribution is 2.34. The van der Waals surface area contributed by atoms with E-state index < -0.39 is 5.82 Å². The molecule has 172 valence electrons. The van der Waals surface area contributed by atoms with E-state index in [0.29, 0.717) is 24.2 Å². The van der Waals surface area contributed by atoms with Crippen LogP contribution in [-0.2, 0) is 6.42 Å². The van der Waals surface area contributed by atoms with E-state index in [1.165, 1.54) is 62.6 Å². The lowest BCUT2D eigenvalue weighted by Crippen LogP contribution is -2.20. The highest BCUT2D eigenvalue weighted by Gasteiger charge is 2.24.